The van der Waals surface area contributed by atoms with Gasteiger partial charge in [-0.1, -0.05) is 48.5 Å². The number of carbonyl (C=O) groups is 1. The standard InChI is InChI=1S/C21H20N4O2/c1-13(15-8-4-3-5-9-15)23-20(26)14(2)25-18-11-7-6-10-16(18)17-12-22-24-21(27)19(17)25/h3-14H,1-2H3,(H,23,26)(H,24,27)/t13-,14-/m1/s1. The molecule has 2 aromatic heterocycles. The van der Waals surface area contributed by atoms with Crippen LogP contribution >= 0.6 is 0 Å². The Kier molecular flexibility index (Phi) is 4.24. The van der Waals surface area contributed by atoms with Crippen molar-refractivity contribution in [1.29, 1.82) is 0 Å². The van der Waals surface area contributed by atoms with Crippen molar-refractivity contribution in [3.63, 3.8) is 0 Å². The Morgan fingerprint density at radius 1 is 1.04 bits per heavy atom. The predicted molar refractivity (Wildman–Crippen MR) is 106 cm³/mol. The number of aromatic nitrogens is 3. The first-order valence-electron chi connectivity index (χ1n) is 8.89. The number of para-hydroxylation sites is 1. The molecule has 6 heteroatoms. The number of benzene rings is 2. The van der Waals surface area contributed by atoms with Gasteiger partial charge in [0.25, 0.3) is 5.56 Å². The van der Waals surface area contributed by atoms with Crippen molar-refractivity contribution >= 4 is 27.7 Å². The molecule has 0 aliphatic heterocycles. The van der Waals surface area contributed by atoms with Gasteiger partial charge < -0.3 is 9.88 Å². The van der Waals surface area contributed by atoms with E-state index in [-0.39, 0.29) is 17.5 Å². The van der Waals surface area contributed by atoms with E-state index in [4.69, 9.17) is 0 Å². The second kappa shape index (κ2) is 6.72. The Morgan fingerprint density at radius 2 is 1.74 bits per heavy atom. The molecule has 6 nitrogen and oxygen atoms in total. The molecule has 0 saturated carbocycles. The number of H-pyrrole nitrogens is 1. The molecular weight excluding hydrogens is 340 g/mol. The van der Waals surface area contributed by atoms with Crippen molar-refractivity contribution in [2.45, 2.75) is 25.9 Å². The SMILES string of the molecule is C[C@H](C(=O)N[C@H](C)c1ccccc1)n1c2ccccc2c2cn[nH]c(=O)c21. The van der Waals surface area contributed by atoms with Gasteiger partial charge in [0, 0.05) is 10.8 Å². The zero-order valence-electron chi connectivity index (χ0n) is 15.1. The second-order valence-electron chi connectivity index (χ2n) is 6.67. The van der Waals surface area contributed by atoms with E-state index in [2.05, 4.69) is 15.5 Å². The van der Waals surface area contributed by atoms with Crippen LogP contribution in [0.25, 0.3) is 21.8 Å². The average molecular weight is 360 g/mol. The van der Waals surface area contributed by atoms with Gasteiger partial charge in [0.2, 0.25) is 5.91 Å². The van der Waals surface area contributed by atoms with Crippen LogP contribution in [0.2, 0.25) is 0 Å². The van der Waals surface area contributed by atoms with Gasteiger partial charge >= 0.3 is 0 Å². The molecular formula is C21H20N4O2. The lowest BCUT2D eigenvalue weighted by molar-refractivity contribution is -0.124. The zero-order valence-corrected chi connectivity index (χ0v) is 15.1. The molecule has 0 fully saturated rings. The van der Waals surface area contributed by atoms with Crippen LogP contribution < -0.4 is 10.9 Å². The highest BCUT2D eigenvalue weighted by Crippen LogP contribution is 2.29. The first-order chi connectivity index (χ1) is 13.1. The highest BCUT2D eigenvalue weighted by molar-refractivity contribution is 6.08. The Morgan fingerprint density at radius 3 is 2.52 bits per heavy atom. The molecule has 4 rings (SSSR count). The predicted octanol–water partition coefficient (Wildman–Crippen LogP) is 3.32. The molecule has 0 saturated heterocycles. The van der Waals surface area contributed by atoms with Gasteiger partial charge in [-0.05, 0) is 25.5 Å². The molecule has 2 heterocycles. The lowest BCUT2D eigenvalue weighted by atomic mass is 10.1. The zero-order chi connectivity index (χ0) is 19.0. The minimum Gasteiger partial charge on any atom is -0.348 e. The maximum atomic E-state index is 13.0. The van der Waals surface area contributed by atoms with E-state index < -0.39 is 6.04 Å². The molecule has 0 radical (unpaired) electrons. The van der Waals surface area contributed by atoms with E-state index in [1.807, 2.05) is 61.5 Å². The fourth-order valence-electron chi connectivity index (χ4n) is 3.54. The van der Waals surface area contributed by atoms with Crippen LogP contribution in [0, 0.1) is 0 Å². The van der Waals surface area contributed by atoms with E-state index >= 15 is 0 Å². The Labute approximate surface area is 155 Å². The van der Waals surface area contributed by atoms with Crippen molar-refractivity contribution in [3.8, 4) is 0 Å². The monoisotopic (exact) mass is 360 g/mol. The van der Waals surface area contributed by atoms with Crippen LogP contribution in [-0.2, 0) is 4.79 Å². The summed E-state index contributed by atoms with van der Waals surface area (Å²) < 4.78 is 1.79. The highest BCUT2D eigenvalue weighted by atomic mass is 16.2. The van der Waals surface area contributed by atoms with Crippen LogP contribution in [0.4, 0.5) is 0 Å². The minimum atomic E-state index is -0.554. The Balaban J connectivity index is 1.77. The average Bonchev–Trinajstić information content (AvgIpc) is 3.04. The summed E-state index contributed by atoms with van der Waals surface area (Å²) in [5.41, 5.74) is 2.02. The summed E-state index contributed by atoms with van der Waals surface area (Å²) >= 11 is 0. The third-order valence-electron chi connectivity index (χ3n) is 4.95. The van der Waals surface area contributed by atoms with Gasteiger partial charge in [0.15, 0.2) is 0 Å². The number of aromatic amines is 1. The molecule has 0 aliphatic carbocycles. The van der Waals surface area contributed by atoms with Crippen molar-refractivity contribution in [1.82, 2.24) is 20.1 Å². The lowest BCUT2D eigenvalue weighted by Crippen LogP contribution is -2.33. The maximum Gasteiger partial charge on any atom is 0.288 e. The number of rotatable bonds is 4. The van der Waals surface area contributed by atoms with E-state index in [0.29, 0.717) is 5.52 Å². The van der Waals surface area contributed by atoms with Gasteiger partial charge in [-0.15, -0.1) is 0 Å². The first kappa shape index (κ1) is 17.0. The van der Waals surface area contributed by atoms with Crippen molar-refractivity contribution in [2.24, 2.45) is 0 Å². The quantitative estimate of drug-likeness (QED) is 0.586. The molecule has 1 amide bonds. The molecule has 27 heavy (non-hydrogen) atoms. The summed E-state index contributed by atoms with van der Waals surface area (Å²) in [5.74, 6) is -0.148. The number of fused-ring (bicyclic) bond motifs is 3. The summed E-state index contributed by atoms with van der Waals surface area (Å²) in [5, 5.41) is 11.1. The van der Waals surface area contributed by atoms with Crippen molar-refractivity contribution in [3.05, 3.63) is 76.7 Å². The molecule has 0 unspecified atom stereocenters. The van der Waals surface area contributed by atoms with E-state index in [9.17, 15) is 9.59 Å². The molecule has 2 atom stereocenters. The number of nitrogens with one attached hydrogen (secondary N) is 2. The highest BCUT2D eigenvalue weighted by Gasteiger charge is 2.23. The first-order valence-corrected chi connectivity index (χ1v) is 8.89. The molecule has 136 valence electrons. The topological polar surface area (TPSA) is 79.8 Å². The molecule has 0 spiro atoms. The van der Waals surface area contributed by atoms with E-state index in [1.54, 1.807) is 17.7 Å². The number of amides is 1. The van der Waals surface area contributed by atoms with Crippen molar-refractivity contribution in [2.75, 3.05) is 0 Å². The Hall–Kier alpha value is -3.41. The number of nitrogens with zero attached hydrogens (tertiary/aromatic N) is 2. The van der Waals surface area contributed by atoms with Crippen LogP contribution in [0.15, 0.2) is 65.6 Å². The third kappa shape index (κ3) is 2.89. The summed E-state index contributed by atoms with van der Waals surface area (Å²) in [6.45, 7) is 3.75. The maximum absolute atomic E-state index is 13.0. The van der Waals surface area contributed by atoms with Gasteiger partial charge in [-0.25, -0.2) is 5.10 Å². The largest absolute Gasteiger partial charge is 0.348 e. The summed E-state index contributed by atoms with van der Waals surface area (Å²) in [6, 6.07) is 16.8. The normalized spacial score (nSPS) is 13.6. The van der Waals surface area contributed by atoms with Gasteiger partial charge in [-0.2, -0.15) is 5.10 Å². The summed E-state index contributed by atoms with van der Waals surface area (Å²) in [7, 11) is 0. The third-order valence-corrected chi connectivity index (χ3v) is 4.95. The van der Waals surface area contributed by atoms with Crippen molar-refractivity contribution < 1.29 is 4.79 Å². The fourth-order valence-corrected chi connectivity index (χ4v) is 3.54. The van der Waals surface area contributed by atoms with Crippen LogP contribution in [-0.4, -0.2) is 20.7 Å². The van der Waals surface area contributed by atoms with Crippen LogP contribution in [0.5, 0.6) is 0 Å². The number of hydrogen-bond donors (Lipinski definition) is 2. The number of carbonyl (C=O) groups excluding carboxylic acids is 1. The van der Waals surface area contributed by atoms with Gasteiger partial charge in [0.05, 0.1) is 17.8 Å². The Bertz CT molecular complexity index is 1180. The van der Waals surface area contributed by atoms with Gasteiger partial charge in [-0.3, -0.25) is 9.59 Å². The second-order valence-corrected chi connectivity index (χ2v) is 6.67. The molecule has 2 N–H and O–H groups in total. The smallest absolute Gasteiger partial charge is 0.288 e. The fraction of sp³-hybridized carbons (Fsp3) is 0.190. The van der Waals surface area contributed by atoms with Crippen LogP contribution in [0.3, 0.4) is 0 Å². The number of hydrogen-bond acceptors (Lipinski definition) is 3. The summed E-state index contributed by atoms with van der Waals surface area (Å²) in [4.78, 5) is 25.4. The molecule has 2 aromatic carbocycles. The van der Waals surface area contributed by atoms with E-state index in [0.717, 1.165) is 21.9 Å². The molecule has 0 bridgehead atoms. The minimum absolute atomic E-state index is 0.130. The summed E-state index contributed by atoms with van der Waals surface area (Å²) in [6.07, 6.45) is 1.63. The molecule has 0 aliphatic rings. The van der Waals surface area contributed by atoms with Gasteiger partial charge in [0.1, 0.15) is 11.6 Å². The molecule has 4 aromatic rings. The van der Waals surface area contributed by atoms with E-state index in [1.165, 1.54) is 0 Å². The van der Waals surface area contributed by atoms with Crippen LogP contribution in [0.1, 0.15) is 31.5 Å². The lowest BCUT2D eigenvalue weighted by Gasteiger charge is -2.20.